The van der Waals surface area contributed by atoms with E-state index in [0.717, 1.165) is 18.9 Å². The Kier molecular flexibility index (Phi) is 1.65. The van der Waals surface area contributed by atoms with Gasteiger partial charge in [-0.3, -0.25) is 9.89 Å². The smallest absolute Gasteiger partial charge is 0.354 e. The molecule has 0 radical (unpaired) electrons. The zero-order valence-electron chi connectivity index (χ0n) is 8.17. The first-order valence-corrected chi connectivity index (χ1v) is 4.88. The van der Waals surface area contributed by atoms with Crippen LogP contribution < -0.4 is 5.56 Å². The van der Waals surface area contributed by atoms with E-state index in [1.54, 1.807) is 0 Å². The van der Waals surface area contributed by atoms with Gasteiger partial charge in [0.05, 0.1) is 0 Å². The van der Waals surface area contributed by atoms with Crippen LogP contribution in [0.25, 0.3) is 5.78 Å². The molecule has 1 aliphatic carbocycles. The highest BCUT2D eigenvalue weighted by Crippen LogP contribution is 2.37. The van der Waals surface area contributed by atoms with Crippen LogP contribution in [0.3, 0.4) is 0 Å². The number of rotatable bonds is 2. The molecule has 2 aromatic rings. The Balaban J connectivity index is 2.25. The second-order valence-electron chi connectivity index (χ2n) is 3.80. The van der Waals surface area contributed by atoms with Crippen molar-refractivity contribution in [1.82, 2.24) is 19.6 Å². The van der Waals surface area contributed by atoms with Crippen LogP contribution >= 0.6 is 0 Å². The van der Waals surface area contributed by atoms with Gasteiger partial charge in [0.25, 0.3) is 11.3 Å². The average Bonchev–Trinajstić information content (AvgIpc) is 2.98. The van der Waals surface area contributed by atoms with Gasteiger partial charge in [-0.2, -0.15) is 9.50 Å². The maximum absolute atomic E-state index is 11.5. The molecule has 7 heteroatoms. The summed E-state index contributed by atoms with van der Waals surface area (Å²) >= 11 is 0. The molecule has 0 amide bonds. The lowest BCUT2D eigenvalue weighted by atomic mass is 10.4. The molecule has 3 rings (SSSR count). The van der Waals surface area contributed by atoms with Crippen LogP contribution in [-0.2, 0) is 0 Å². The highest BCUT2D eigenvalue weighted by atomic mass is 16.4. The van der Waals surface area contributed by atoms with Crippen LogP contribution in [0, 0.1) is 0 Å². The van der Waals surface area contributed by atoms with Crippen LogP contribution in [0.2, 0.25) is 0 Å². The Hall–Kier alpha value is -2.18. The molecule has 16 heavy (non-hydrogen) atoms. The summed E-state index contributed by atoms with van der Waals surface area (Å²) in [5.41, 5.74) is -0.736. The molecular weight excluding hydrogens is 212 g/mol. The summed E-state index contributed by atoms with van der Waals surface area (Å²) in [7, 11) is 0. The highest BCUT2D eigenvalue weighted by Gasteiger charge is 2.27. The van der Waals surface area contributed by atoms with Crippen molar-refractivity contribution in [2.24, 2.45) is 0 Å². The Morgan fingerprint density at radius 2 is 2.25 bits per heavy atom. The van der Waals surface area contributed by atoms with Crippen molar-refractivity contribution in [3.63, 3.8) is 0 Å². The van der Waals surface area contributed by atoms with Crippen molar-refractivity contribution in [3.8, 4) is 0 Å². The van der Waals surface area contributed by atoms with E-state index in [2.05, 4.69) is 15.1 Å². The number of hydrogen-bond acceptors (Lipinski definition) is 4. The predicted octanol–water partition coefficient (Wildman–Crippen LogP) is -0.00680. The highest BCUT2D eigenvalue weighted by molar-refractivity contribution is 5.85. The molecule has 7 nitrogen and oxygen atoms in total. The maximum Gasteiger partial charge on any atom is 0.354 e. The van der Waals surface area contributed by atoms with Gasteiger partial charge in [0.2, 0.25) is 0 Å². The molecule has 1 saturated carbocycles. The lowest BCUT2D eigenvalue weighted by Crippen LogP contribution is -2.17. The SMILES string of the molecule is O=C(O)c1cc(=O)n2[nH]c(C3CC3)nc2n1. The zero-order chi connectivity index (χ0) is 11.3. The molecule has 1 aliphatic rings. The number of carbonyl (C=O) groups is 1. The third kappa shape index (κ3) is 1.28. The van der Waals surface area contributed by atoms with Gasteiger partial charge in [0, 0.05) is 12.0 Å². The van der Waals surface area contributed by atoms with Crippen LogP contribution in [0.1, 0.15) is 35.1 Å². The molecule has 0 unspecified atom stereocenters. The van der Waals surface area contributed by atoms with E-state index in [1.165, 1.54) is 4.52 Å². The van der Waals surface area contributed by atoms with Crippen LogP contribution in [0.4, 0.5) is 0 Å². The minimum atomic E-state index is -1.23. The summed E-state index contributed by atoms with van der Waals surface area (Å²) in [6.45, 7) is 0. The van der Waals surface area contributed by atoms with E-state index in [4.69, 9.17) is 5.11 Å². The third-order valence-electron chi connectivity index (χ3n) is 2.53. The fourth-order valence-electron chi connectivity index (χ4n) is 1.55. The summed E-state index contributed by atoms with van der Waals surface area (Å²) in [4.78, 5) is 30.1. The molecule has 1 fully saturated rings. The Morgan fingerprint density at radius 1 is 1.50 bits per heavy atom. The molecule has 2 aromatic heterocycles. The van der Waals surface area contributed by atoms with E-state index < -0.39 is 11.5 Å². The van der Waals surface area contributed by atoms with Gasteiger partial charge < -0.3 is 5.11 Å². The second kappa shape index (κ2) is 2.91. The summed E-state index contributed by atoms with van der Waals surface area (Å²) < 4.78 is 1.17. The van der Waals surface area contributed by atoms with E-state index in [1.807, 2.05) is 0 Å². The van der Waals surface area contributed by atoms with E-state index in [-0.39, 0.29) is 11.5 Å². The van der Waals surface area contributed by atoms with Gasteiger partial charge in [0.15, 0.2) is 5.69 Å². The van der Waals surface area contributed by atoms with Gasteiger partial charge in [-0.1, -0.05) is 0 Å². The van der Waals surface area contributed by atoms with E-state index >= 15 is 0 Å². The third-order valence-corrected chi connectivity index (χ3v) is 2.53. The van der Waals surface area contributed by atoms with Crippen LogP contribution in [-0.4, -0.2) is 30.7 Å². The molecule has 0 spiro atoms. The van der Waals surface area contributed by atoms with E-state index in [9.17, 15) is 9.59 Å². The average molecular weight is 220 g/mol. The number of nitrogens with zero attached hydrogens (tertiary/aromatic N) is 3. The van der Waals surface area contributed by atoms with Crippen molar-refractivity contribution >= 4 is 11.7 Å². The molecule has 2 N–H and O–H groups in total. The number of fused-ring (bicyclic) bond motifs is 1. The summed E-state index contributed by atoms with van der Waals surface area (Å²) in [5, 5.41) is 11.6. The molecule has 0 bridgehead atoms. The molecular formula is C9H8N4O3. The zero-order valence-corrected chi connectivity index (χ0v) is 8.17. The standard InChI is InChI=1S/C9H8N4O3/c14-6-3-5(8(15)16)10-9-11-7(4-1-2-4)12-13(6)9/h3-4H,1-2H2,(H,15,16)(H,10,11,12). The number of H-pyrrole nitrogens is 1. The second-order valence-corrected chi connectivity index (χ2v) is 3.80. The lowest BCUT2D eigenvalue weighted by Gasteiger charge is -1.92. The molecule has 82 valence electrons. The number of aromatic amines is 1. The first-order chi connectivity index (χ1) is 7.65. The van der Waals surface area contributed by atoms with Crippen molar-refractivity contribution in [3.05, 3.63) is 27.9 Å². The molecule has 0 aromatic carbocycles. The first-order valence-electron chi connectivity index (χ1n) is 4.88. The largest absolute Gasteiger partial charge is 0.477 e. The number of aromatic nitrogens is 4. The maximum atomic E-state index is 11.5. The monoisotopic (exact) mass is 220 g/mol. The van der Waals surface area contributed by atoms with Crippen LogP contribution in [0.5, 0.6) is 0 Å². The van der Waals surface area contributed by atoms with Crippen LogP contribution in [0.15, 0.2) is 10.9 Å². The first kappa shape index (κ1) is 9.08. The fourth-order valence-corrected chi connectivity index (χ4v) is 1.55. The van der Waals surface area contributed by atoms with Crippen molar-refractivity contribution in [2.45, 2.75) is 18.8 Å². The van der Waals surface area contributed by atoms with Gasteiger partial charge in [-0.05, 0) is 12.8 Å². The fraction of sp³-hybridized carbons (Fsp3) is 0.333. The Labute approximate surface area is 88.7 Å². The number of carboxylic acid groups (broad SMARTS) is 1. The van der Waals surface area contributed by atoms with E-state index in [0.29, 0.717) is 11.7 Å². The Bertz CT molecular complexity index is 638. The summed E-state index contributed by atoms with van der Waals surface area (Å²) in [6, 6.07) is 0.976. The van der Waals surface area contributed by atoms with Gasteiger partial charge in [0.1, 0.15) is 5.82 Å². The molecule has 0 atom stereocenters. The van der Waals surface area contributed by atoms with Gasteiger partial charge in [-0.15, -0.1) is 0 Å². The minimum absolute atomic E-state index is 0.117. The number of nitrogens with one attached hydrogen (secondary N) is 1. The summed E-state index contributed by atoms with van der Waals surface area (Å²) in [5.74, 6) is -0.0520. The quantitative estimate of drug-likeness (QED) is 0.741. The molecule has 0 aliphatic heterocycles. The minimum Gasteiger partial charge on any atom is -0.477 e. The van der Waals surface area contributed by atoms with Gasteiger partial charge >= 0.3 is 5.97 Å². The number of carboxylic acids is 1. The molecule has 0 saturated heterocycles. The molecule has 2 heterocycles. The van der Waals surface area contributed by atoms with Gasteiger partial charge in [-0.25, -0.2) is 9.78 Å². The van der Waals surface area contributed by atoms with Crippen molar-refractivity contribution in [2.75, 3.05) is 0 Å². The lowest BCUT2D eigenvalue weighted by molar-refractivity contribution is 0.0690. The number of aromatic carboxylic acids is 1. The topological polar surface area (TPSA) is 100 Å². The Morgan fingerprint density at radius 3 is 2.88 bits per heavy atom. The predicted molar refractivity (Wildman–Crippen MR) is 52.5 cm³/mol. The van der Waals surface area contributed by atoms with Crippen molar-refractivity contribution in [1.29, 1.82) is 0 Å². The normalized spacial score (nSPS) is 15.5. The summed E-state index contributed by atoms with van der Waals surface area (Å²) in [6.07, 6.45) is 2.08. The number of hydrogen-bond donors (Lipinski definition) is 2. The van der Waals surface area contributed by atoms with Crippen molar-refractivity contribution < 1.29 is 9.90 Å².